The molecule has 1 saturated carbocycles. The molecular formula is C25H26ClN3O6. The molecule has 1 aliphatic heterocycles. The molecule has 3 heterocycles. The minimum atomic E-state index is -0.698. The van der Waals surface area contributed by atoms with Crippen LogP contribution in [0.2, 0.25) is 5.02 Å². The number of rotatable bonds is 8. The van der Waals surface area contributed by atoms with Crippen molar-refractivity contribution in [3.63, 3.8) is 0 Å². The quantitative estimate of drug-likeness (QED) is 0.433. The smallest absolute Gasteiger partial charge is 0.328 e. The number of methoxy groups -OCH3 is 2. The van der Waals surface area contributed by atoms with Crippen molar-refractivity contribution in [3.8, 4) is 5.75 Å². The minimum absolute atomic E-state index is 0.195. The van der Waals surface area contributed by atoms with E-state index in [-0.39, 0.29) is 18.1 Å². The molecule has 0 N–H and O–H groups in total. The summed E-state index contributed by atoms with van der Waals surface area (Å²) in [5.74, 6) is 0.128. The zero-order valence-corrected chi connectivity index (χ0v) is 20.3. The number of oxazole rings is 1. The fourth-order valence-corrected chi connectivity index (χ4v) is 4.55. The third-order valence-electron chi connectivity index (χ3n) is 6.25. The summed E-state index contributed by atoms with van der Waals surface area (Å²) in [5.41, 5.74) is 2.14. The van der Waals surface area contributed by atoms with Gasteiger partial charge in [-0.3, -0.25) is 9.78 Å². The third kappa shape index (κ3) is 5.11. The molecule has 184 valence electrons. The first-order valence-corrected chi connectivity index (χ1v) is 11.9. The van der Waals surface area contributed by atoms with E-state index in [9.17, 15) is 9.59 Å². The van der Waals surface area contributed by atoms with Crippen LogP contribution in [0.4, 0.5) is 0 Å². The van der Waals surface area contributed by atoms with E-state index in [2.05, 4.69) is 9.97 Å². The molecule has 1 aromatic carbocycles. The van der Waals surface area contributed by atoms with Crippen LogP contribution in [0.1, 0.15) is 41.2 Å². The molecule has 1 aliphatic carbocycles. The Bertz CT molecular complexity index is 1260. The topological polar surface area (TPSA) is 104 Å². The van der Waals surface area contributed by atoms with Crippen molar-refractivity contribution in [1.82, 2.24) is 14.9 Å². The van der Waals surface area contributed by atoms with E-state index in [0.29, 0.717) is 59.1 Å². The van der Waals surface area contributed by atoms with Gasteiger partial charge in [0, 0.05) is 41.9 Å². The maximum atomic E-state index is 13.5. The highest BCUT2D eigenvalue weighted by Gasteiger charge is 2.43. The highest BCUT2D eigenvalue weighted by atomic mass is 35.5. The van der Waals surface area contributed by atoms with Crippen molar-refractivity contribution in [2.45, 2.75) is 50.4 Å². The molecular weight excluding hydrogens is 474 g/mol. The molecule has 0 radical (unpaired) electrons. The van der Waals surface area contributed by atoms with Gasteiger partial charge in [0.2, 0.25) is 0 Å². The Kier molecular flexibility index (Phi) is 6.62. The summed E-state index contributed by atoms with van der Waals surface area (Å²) in [7, 11) is 2.83. The lowest BCUT2D eigenvalue weighted by Crippen LogP contribution is -2.41. The van der Waals surface area contributed by atoms with Crippen molar-refractivity contribution in [2.75, 3.05) is 20.8 Å². The van der Waals surface area contributed by atoms with Gasteiger partial charge in [-0.2, -0.15) is 0 Å². The SMILES string of the molecule is COC(=O)[C@@H]1C[C@@H](OC2CC2)CN1C(=O)c1cc(OC)c2oc(CCc3cc(Cl)ccn3)nc2c1. The number of benzene rings is 1. The van der Waals surface area contributed by atoms with Crippen molar-refractivity contribution in [2.24, 2.45) is 0 Å². The second kappa shape index (κ2) is 9.83. The van der Waals surface area contributed by atoms with E-state index < -0.39 is 12.0 Å². The normalized spacial score (nSPS) is 19.8. The van der Waals surface area contributed by atoms with Gasteiger partial charge in [-0.05, 0) is 43.5 Å². The molecule has 1 amide bonds. The van der Waals surface area contributed by atoms with Crippen LogP contribution < -0.4 is 4.74 Å². The highest BCUT2D eigenvalue weighted by molar-refractivity contribution is 6.30. The van der Waals surface area contributed by atoms with Gasteiger partial charge in [0.1, 0.15) is 11.6 Å². The molecule has 2 aromatic heterocycles. The molecule has 5 rings (SSSR count). The van der Waals surface area contributed by atoms with Crippen LogP contribution in [0.3, 0.4) is 0 Å². The van der Waals surface area contributed by atoms with Crippen molar-refractivity contribution in [1.29, 1.82) is 0 Å². The number of carbonyl (C=O) groups is 2. The van der Waals surface area contributed by atoms with Gasteiger partial charge in [0.15, 0.2) is 17.2 Å². The number of likely N-dealkylation sites (tertiary alicyclic amines) is 1. The van der Waals surface area contributed by atoms with E-state index >= 15 is 0 Å². The number of aryl methyl sites for hydroxylation is 2. The number of amides is 1. The Labute approximate surface area is 207 Å². The van der Waals surface area contributed by atoms with Crippen LogP contribution in [0.5, 0.6) is 5.75 Å². The number of carbonyl (C=O) groups excluding carboxylic acids is 2. The van der Waals surface area contributed by atoms with Gasteiger partial charge in [0.05, 0.1) is 26.4 Å². The zero-order chi connectivity index (χ0) is 24.5. The predicted molar refractivity (Wildman–Crippen MR) is 127 cm³/mol. The molecule has 2 fully saturated rings. The average molecular weight is 500 g/mol. The number of hydrogen-bond acceptors (Lipinski definition) is 8. The standard InChI is InChI=1S/C25H26ClN3O6/c1-32-21-10-14(24(30)29-13-18(34-17-4-5-17)12-20(29)25(31)33-2)9-19-23(21)35-22(28-19)6-3-16-11-15(26)7-8-27-16/h7-11,17-18,20H,3-6,12-13H2,1-2H3/t18-,20+/m1/s1. The number of halogens is 1. The molecule has 0 unspecified atom stereocenters. The first-order chi connectivity index (χ1) is 16.9. The van der Waals surface area contributed by atoms with Gasteiger partial charge in [-0.25, -0.2) is 9.78 Å². The summed E-state index contributed by atoms with van der Waals surface area (Å²) in [4.78, 5) is 36.3. The van der Waals surface area contributed by atoms with Gasteiger partial charge in [0.25, 0.3) is 5.91 Å². The van der Waals surface area contributed by atoms with E-state index in [1.807, 2.05) is 0 Å². The number of fused-ring (bicyclic) bond motifs is 1. The van der Waals surface area contributed by atoms with Crippen LogP contribution in [0.15, 0.2) is 34.9 Å². The minimum Gasteiger partial charge on any atom is -0.493 e. The summed E-state index contributed by atoms with van der Waals surface area (Å²) in [6.07, 6.45) is 5.24. The highest BCUT2D eigenvalue weighted by Crippen LogP contribution is 2.33. The zero-order valence-electron chi connectivity index (χ0n) is 19.5. The number of aromatic nitrogens is 2. The summed E-state index contributed by atoms with van der Waals surface area (Å²) >= 11 is 6.04. The number of nitrogens with zero attached hydrogens (tertiary/aromatic N) is 3. The van der Waals surface area contributed by atoms with Gasteiger partial charge in [-0.1, -0.05) is 11.6 Å². The van der Waals surface area contributed by atoms with E-state index in [4.69, 9.17) is 30.2 Å². The number of esters is 1. The Morgan fingerprint density at radius 1 is 1.17 bits per heavy atom. The molecule has 3 aromatic rings. The lowest BCUT2D eigenvalue weighted by molar-refractivity contribution is -0.145. The largest absolute Gasteiger partial charge is 0.493 e. The molecule has 2 atom stereocenters. The Morgan fingerprint density at radius 2 is 2.00 bits per heavy atom. The lowest BCUT2D eigenvalue weighted by atomic mass is 10.1. The number of pyridine rings is 1. The lowest BCUT2D eigenvalue weighted by Gasteiger charge is -2.22. The van der Waals surface area contributed by atoms with Crippen LogP contribution in [-0.2, 0) is 27.1 Å². The van der Waals surface area contributed by atoms with Crippen LogP contribution in [0, 0.1) is 0 Å². The van der Waals surface area contributed by atoms with Gasteiger partial charge in [-0.15, -0.1) is 0 Å². The van der Waals surface area contributed by atoms with Gasteiger partial charge < -0.3 is 23.5 Å². The van der Waals surface area contributed by atoms with E-state index in [0.717, 1.165) is 18.5 Å². The second-order valence-electron chi connectivity index (χ2n) is 8.79. The van der Waals surface area contributed by atoms with E-state index in [1.165, 1.54) is 19.1 Å². The predicted octanol–water partition coefficient (Wildman–Crippen LogP) is 3.61. The maximum absolute atomic E-state index is 13.5. The Balaban J connectivity index is 1.38. The molecule has 10 heteroatoms. The molecule has 1 saturated heterocycles. The van der Waals surface area contributed by atoms with Crippen molar-refractivity contribution in [3.05, 3.63) is 52.6 Å². The van der Waals surface area contributed by atoms with E-state index in [1.54, 1.807) is 30.5 Å². The third-order valence-corrected chi connectivity index (χ3v) is 6.48. The maximum Gasteiger partial charge on any atom is 0.328 e. The second-order valence-corrected chi connectivity index (χ2v) is 9.23. The molecule has 0 bridgehead atoms. The van der Waals surface area contributed by atoms with Crippen molar-refractivity contribution >= 4 is 34.6 Å². The Hall–Kier alpha value is -3.17. The fourth-order valence-electron chi connectivity index (χ4n) is 4.37. The molecule has 0 spiro atoms. The molecule has 35 heavy (non-hydrogen) atoms. The average Bonchev–Trinajstić information content (AvgIpc) is 3.42. The monoisotopic (exact) mass is 499 g/mol. The van der Waals surface area contributed by atoms with Crippen LogP contribution in [-0.4, -0.2) is 65.8 Å². The van der Waals surface area contributed by atoms with Crippen molar-refractivity contribution < 1.29 is 28.2 Å². The van der Waals surface area contributed by atoms with Gasteiger partial charge >= 0.3 is 5.97 Å². The molecule has 9 nitrogen and oxygen atoms in total. The van der Waals surface area contributed by atoms with Crippen LogP contribution in [0.25, 0.3) is 11.1 Å². The number of ether oxygens (including phenoxy) is 3. The first kappa shape index (κ1) is 23.6. The summed E-state index contributed by atoms with van der Waals surface area (Å²) < 4.78 is 22.4. The number of hydrogen-bond donors (Lipinski definition) is 0. The summed E-state index contributed by atoms with van der Waals surface area (Å²) in [6, 6.07) is 6.10. The molecule has 2 aliphatic rings. The summed E-state index contributed by atoms with van der Waals surface area (Å²) in [5, 5.41) is 0.620. The first-order valence-electron chi connectivity index (χ1n) is 11.6. The fraction of sp³-hybridized carbons (Fsp3) is 0.440. The van der Waals surface area contributed by atoms with Crippen LogP contribution >= 0.6 is 11.6 Å². The Morgan fingerprint density at radius 3 is 2.71 bits per heavy atom. The summed E-state index contributed by atoms with van der Waals surface area (Å²) in [6.45, 7) is 0.326.